The van der Waals surface area contributed by atoms with E-state index in [0.29, 0.717) is 6.42 Å². The fourth-order valence-corrected chi connectivity index (χ4v) is 2.36. The molecule has 1 aromatic heterocycles. The maximum absolute atomic E-state index is 8.47. The molecule has 0 amide bonds. The summed E-state index contributed by atoms with van der Waals surface area (Å²) in [5.41, 5.74) is 0. The van der Waals surface area contributed by atoms with Crippen LogP contribution in [0.2, 0.25) is 0 Å². The van der Waals surface area contributed by atoms with Gasteiger partial charge in [-0.2, -0.15) is 5.26 Å². The molecule has 0 unspecified atom stereocenters. The highest BCUT2D eigenvalue weighted by Crippen LogP contribution is 2.04. The monoisotopic (exact) mass is 238 g/mol. The molecule has 1 rings (SSSR count). The van der Waals surface area contributed by atoms with Crippen molar-refractivity contribution >= 4 is 11.8 Å². The molecular formula is C12H20N3S+. The first kappa shape index (κ1) is 13.1. The lowest BCUT2D eigenvalue weighted by molar-refractivity contribution is -0.683. The Morgan fingerprint density at radius 1 is 1.50 bits per heavy atom. The van der Waals surface area contributed by atoms with Crippen LogP contribution in [0.4, 0.5) is 0 Å². The van der Waals surface area contributed by atoms with Crippen molar-refractivity contribution in [3.8, 4) is 6.07 Å². The van der Waals surface area contributed by atoms with Crippen molar-refractivity contribution in [3.63, 3.8) is 0 Å². The third-order valence-electron chi connectivity index (χ3n) is 2.61. The standard InChI is InChI=1S/C12H20N3S/c1-3-12-14(8-6-4-5-7-13)9-10-15(12)11-16-2/h9-10H,3-6,8,11H2,1-2H3/q+1. The first-order chi connectivity index (χ1) is 7.83. The largest absolute Gasteiger partial charge is 0.256 e. The van der Waals surface area contributed by atoms with Gasteiger partial charge in [0.1, 0.15) is 18.3 Å². The van der Waals surface area contributed by atoms with Crippen LogP contribution in [0.15, 0.2) is 12.4 Å². The number of rotatable bonds is 7. The Labute approximate surface area is 102 Å². The average Bonchev–Trinajstić information content (AvgIpc) is 2.67. The van der Waals surface area contributed by atoms with Gasteiger partial charge < -0.3 is 0 Å². The van der Waals surface area contributed by atoms with E-state index in [1.54, 1.807) is 0 Å². The summed E-state index contributed by atoms with van der Waals surface area (Å²) in [6.45, 7) is 3.23. The molecule has 0 spiro atoms. The SMILES string of the molecule is CCc1n(CCCCC#N)cc[n+]1CSC. The lowest BCUT2D eigenvalue weighted by Crippen LogP contribution is -2.35. The number of hydrogen-bond acceptors (Lipinski definition) is 2. The predicted molar refractivity (Wildman–Crippen MR) is 67.0 cm³/mol. The van der Waals surface area contributed by atoms with Crippen LogP contribution in [0.25, 0.3) is 0 Å². The van der Waals surface area contributed by atoms with E-state index < -0.39 is 0 Å². The summed E-state index contributed by atoms with van der Waals surface area (Å²) in [7, 11) is 0. The Morgan fingerprint density at radius 3 is 2.94 bits per heavy atom. The first-order valence-electron chi connectivity index (χ1n) is 5.76. The molecule has 1 heterocycles. The Bertz CT molecular complexity index is 352. The highest BCUT2D eigenvalue weighted by atomic mass is 32.2. The topological polar surface area (TPSA) is 32.6 Å². The van der Waals surface area contributed by atoms with Gasteiger partial charge in [-0.15, -0.1) is 11.8 Å². The minimum Gasteiger partial charge on any atom is -0.234 e. The van der Waals surface area contributed by atoms with Gasteiger partial charge in [-0.25, -0.2) is 9.13 Å². The minimum absolute atomic E-state index is 0.674. The maximum Gasteiger partial charge on any atom is 0.256 e. The Hall–Kier alpha value is -0.950. The minimum atomic E-state index is 0.674. The second-order valence-electron chi connectivity index (χ2n) is 3.76. The quantitative estimate of drug-likeness (QED) is 0.539. The van der Waals surface area contributed by atoms with E-state index in [0.717, 1.165) is 31.7 Å². The van der Waals surface area contributed by atoms with E-state index in [1.807, 2.05) is 11.8 Å². The van der Waals surface area contributed by atoms with Crippen molar-refractivity contribution in [2.45, 2.75) is 45.0 Å². The van der Waals surface area contributed by atoms with Crippen LogP contribution in [0, 0.1) is 11.3 Å². The number of imidazole rings is 1. The molecule has 0 aliphatic carbocycles. The van der Waals surface area contributed by atoms with E-state index in [2.05, 4.69) is 40.8 Å². The van der Waals surface area contributed by atoms with Crippen molar-refractivity contribution in [3.05, 3.63) is 18.2 Å². The van der Waals surface area contributed by atoms with Gasteiger partial charge in [-0.1, -0.05) is 6.92 Å². The van der Waals surface area contributed by atoms with Gasteiger partial charge in [-0.3, -0.25) is 0 Å². The van der Waals surface area contributed by atoms with E-state index in [9.17, 15) is 0 Å². The van der Waals surface area contributed by atoms with Crippen molar-refractivity contribution in [1.82, 2.24) is 4.57 Å². The summed E-state index contributed by atoms with van der Waals surface area (Å²) in [6.07, 6.45) is 10.3. The molecule has 0 saturated heterocycles. The first-order valence-corrected chi connectivity index (χ1v) is 7.16. The Morgan fingerprint density at radius 2 is 2.31 bits per heavy atom. The summed E-state index contributed by atoms with van der Waals surface area (Å²) in [5, 5.41) is 8.47. The molecule has 4 heteroatoms. The molecular weight excluding hydrogens is 218 g/mol. The van der Waals surface area contributed by atoms with Gasteiger partial charge in [0, 0.05) is 12.8 Å². The molecule has 0 aromatic carbocycles. The average molecular weight is 238 g/mol. The van der Waals surface area contributed by atoms with E-state index >= 15 is 0 Å². The molecule has 1 aromatic rings. The predicted octanol–water partition coefficient (Wildman–Crippen LogP) is 2.35. The molecule has 88 valence electrons. The van der Waals surface area contributed by atoms with Gasteiger partial charge in [0.05, 0.1) is 12.6 Å². The fraction of sp³-hybridized carbons (Fsp3) is 0.667. The van der Waals surface area contributed by atoms with Crippen molar-refractivity contribution in [2.24, 2.45) is 0 Å². The number of nitriles is 1. The summed E-state index contributed by atoms with van der Waals surface area (Å²) in [4.78, 5) is 0. The molecule has 0 aliphatic rings. The number of aromatic nitrogens is 2. The zero-order chi connectivity index (χ0) is 11.8. The highest BCUT2D eigenvalue weighted by molar-refractivity contribution is 7.97. The van der Waals surface area contributed by atoms with Gasteiger partial charge in [0.25, 0.3) is 5.82 Å². The van der Waals surface area contributed by atoms with E-state index in [-0.39, 0.29) is 0 Å². The molecule has 0 fully saturated rings. The molecule has 0 saturated carbocycles. The van der Waals surface area contributed by atoms with Crippen LogP contribution in [0.3, 0.4) is 0 Å². The van der Waals surface area contributed by atoms with Crippen LogP contribution in [0.5, 0.6) is 0 Å². The zero-order valence-corrected chi connectivity index (χ0v) is 11.0. The Balaban J connectivity index is 2.55. The smallest absolute Gasteiger partial charge is 0.234 e. The number of nitrogens with zero attached hydrogens (tertiary/aromatic N) is 3. The van der Waals surface area contributed by atoms with Gasteiger partial charge in [-0.05, 0) is 19.1 Å². The third kappa shape index (κ3) is 3.57. The van der Waals surface area contributed by atoms with Crippen molar-refractivity contribution < 1.29 is 4.57 Å². The number of unbranched alkanes of at least 4 members (excludes halogenated alkanes) is 2. The molecule has 0 aliphatic heterocycles. The van der Waals surface area contributed by atoms with E-state index in [1.165, 1.54) is 5.82 Å². The highest BCUT2D eigenvalue weighted by Gasteiger charge is 2.13. The van der Waals surface area contributed by atoms with Crippen LogP contribution in [-0.2, 0) is 18.8 Å². The van der Waals surface area contributed by atoms with Gasteiger partial charge in [0.15, 0.2) is 0 Å². The molecule has 0 bridgehead atoms. The number of aryl methyl sites for hydroxylation is 1. The van der Waals surface area contributed by atoms with Crippen molar-refractivity contribution in [2.75, 3.05) is 6.26 Å². The second kappa shape index (κ2) is 7.34. The molecule has 16 heavy (non-hydrogen) atoms. The molecule has 0 N–H and O–H groups in total. The van der Waals surface area contributed by atoms with Crippen LogP contribution >= 0.6 is 11.8 Å². The van der Waals surface area contributed by atoms with Crippen LogP contribution in [-0.4, -0.2) is 10.8 Å². The summed E-state index contributed by atoms with van der Waals surface area (Å²) in [6, 6.07) is 2.19. The number of thioether (sulfide) groups is 1. The molecule has 0 radical (unpaired) electrons. The van der Waals surface area contributed by atoms with Crippen LogP contribution < -0.4 is 4.57 Å². The number of hydrogen-bond donors (Lipinski definition) is 0. The lowest BCUT2D eigenvalue weighted by atomic mass is 10.2. The maximum atomic E-state index is 8.47. The third-order valence-corrected chi connectivity index (χ3v) is 3.15. The summed E-state index contributed by atoms with van der Waals surface area (Å²) >= 11 is 1.84. The zero-order valence-electron chi connectivity index (χ0n) is 10.1. The second-order valence-corrected chi connectivity index (χ2v) is 4.60. The normalized spacial score (nSPS) is 10.3. The summed E-state index contributed by atoms with van der Waals surface area (Å²) in [5.74, 6) is 2.40. The lowest BCUT2D eigenvalue weighted by Gasteiger charge is -2.01. The fourth-order valence-electron chi connectivity index (χ4n) is 1.85. The molecule has 3 nitrogen and oxygen atoms in total. The summed E-state index contributed by atoms with van der Waals surface area (Å²) < 4.78 is 4.61. The van der Waals surface area contributed by atoms with Crippen molar-refractivity contribution in [1.29, 1.82) is 5.26 Å². The molecule has 0 atom stereocenters. The van der Waals surface area contributed by atoms with E-state index in [4.69, 9.17) is 5.26 Å². The van der Waals surface area contributed by atoms with Gasteiger partial charge in [0.2, 0.25) is 0 Å². The van der Waals surface area contributed by atoms with Crippen LogP contribution in [0.1, 0.15) is 32.0 Å². The van der Waals surface area contributed by atoms with Gasteiger partial charge >= 0.3 is 0 Å². The Kier molecular flexibility index (Phi) is 6.02.